The molecular weight excluding hydrogens is 160 g/mol. The van der Waals surface area contributed by atoms with Gasteiger partial charge in [0.05, 0.1) is 5.37 Å². The maximum absolute atomic E-state index is 10.5. The van der Waals surface area contributed by atoms with Crippen molar-refractivity contribution in [1.82, 2.24) is 9.44 Å². The summed E-state index contributed by atoms with van der Waals surface area (Å²) in [5, 5.41) is -0.359. The Hall–Kier alpha value is 0.220. The lowest BCUT2D eigenvalue weighted by Crippen LogP contribution is -2.37. The van der Waals surface area contributed by atoms with Crippen LogP contribution < -0.4 is 9.44 Å². The monoisotopic (exact) mass is 170 g/mol. The van der Waals surface area contributed by atoms with Crippen LogP contribution in [-0.4, -0.2) is 20.8 Å². The second-order valence-corrected chi connectivity index (χ2v) is 3.93. The van der Waals surface area contributed by atoms with Crippen LogP contribution in [0.2, 0.25) is 0 Å². The largest absolute Gasteiger partial charge is 0.277 e. The highest BCUT2D eigenvalue weighted by Crippen LogP contribution is 1.87. The summed E-state index contributed by atoms with van der Waals surface area (Å²) in [4.78, 5) is 0. The lowest BCUT2D eigenvalue weighted by atomic mass is 10.8. The average molecular weight is 170 g/mol. The van der Waals surface area contributed by atoms with Crippen molar-refractivity contribution >= 4 is 22.8 Å². The molecule has 0 aromatic rings. The van der Waals surface area contributed by atoms with E-state index in [-0.39, 0.29) is 5.37 Å². The summed E-state index contributed by atoms with van der Waals surface area (Å²) in [5.74, 6) is 0. The predicted octanol–water partition coefficient (Wildman–Crippen LogP) is -0.684. The van der Waals surface area contributed by atoms with E-state index >= 15 is 0 Å². The predicted molar refractivity (Wildman–Crippen MR) is 39.6 cm³/mol. The van der Waals surface area contributed by atoms with E-state index in [9.17, 15) is 8.42 Å². The second kappa shape index (κ2) is 3.40. The molecule has 0 fully saturated rings. The molecule has 1 atom stereocenters. The fraction of sp³-hybridized carbons (Fsp3) is 1.00. The van der Waals surface area contributed by atoms with Gasteiger partial charge in [-0.3, -0.25) is 0 Å². The molecule has 0 aliphatic rings. The molecule has 0 heterocycles. The van der Waals surface area contributed by atoms with Gasteiger partial charge in [0, 0.05) is 7.05 Å². The van der Waals surface area contributed by atoms with Crippen LogP contribution in [0.5, 0.6) is 0 Å². The molecule has 0 radical (unpaired) electrons. The van der Waals surface area contributed by atoms with Crippen LogP contribution in [0, 0.1) is 0 Å². The van der Waals surface area contributed by atoms with Gasteiger partial charge in [-0.1, -0.05) is 0 Å². The van der Waals surface area contributed by atoms with Gasteiger partial charge in [-0.15, -0.1) is 0 Å². The summed E-state index contributed by atoms with van der Waals surface area (Å²) < 4.78 is 25.4. The smallest absolute Gasteiger partial charge is 0.205 e. The van der Waals surface area contributed by atoms with Crippen LogP contribution in [-0.2, 0) is 10.2 Å². The molecule has 0 bridgehead atoms. The Morgan fingerprint density at radius 2 is 2.00 bits per heavy atom. The molecule has 0 saturated heterocycles. The summed E-state index contributed by atoms with van der Waals surface area (Å²) in [6.07, 6.45) is 0. The Kier molecular flexibility index (Phi) is 3.49. The molecule has 6 heteroatoms. The molecule has 9 heavy (non-hydrogen) atoms. The maximum atomic E-state index is 10.5. The summed E-state index contributed by atoms with van der Waals surface area (Å²) in [6.45, 7) is 1.62. The summed E-state index contributed by atoms with van der Waals surface area (Å²) in [6, 6.07) is 0. The van der Waals surface area contributed by atoms with Crippen molar-refractivity contribution in [3.05, 3.63) is 0 Å². The first-order valence-electron chi connectivity index (χ1n) is 2.37. The summed E-state index contributed by atoms with van der Waals surface area (Å²) in [7, 11) is -1.96. The molecule has 0 aromatic carbocycles. The highest BCUT2D eigenvalue weighted by molar-refractivity contribution is 7.89. The van der Waals surface area contributed by atoms with Gasteiger partial charge in [0.1, 0.15) is 0 Å². The van der Waals surface area contributed by atoms with E-state index < -0.39 is 10.2 Å². The molecule has 2 N–H and O–H groups in total. The van der Waals surface area contributed by atoms with E-state index in [4.69, 9.17) is 0 Å². The Bertz CT molecular complexity index is 163. The Morgan fingerprint density at radius 1 is 1.56 bits per heavy atom. The van der Waals surface area contributed by atoms with Crippen LogP contribution in [0.25, 0.3) is 0 Å². The third kappa shape index (κ3) is 4.71. The molecule has 0 rings (SSSR count). The van der Waals surface area contributed by atoms with Gasteiger partial charge in [-0.25, -0.2) is 4.72 Å². The van der Waals surface area contributed by atoms with Gasteiger partial charge >= 0.3 is 0 Å². The van der Waals surface area contributed by atoms with Gasteiger partial charge in [0.2, 0.25) is 0 Å². The van der Waals surface area contributed by atoms with Gasteiger partial charge < -0.3 is 0 Å². The summed E-state index contributed by atoms with van der Waals surface area (Å²) >= 11 is 3.82. The van der Waals surface area contributed by atoms with E-state index in [0.29, 0.717) is 0 Å². The van der Waals surface area contributed by atoms with E-state index in [1.54, 1.807) is 6.92 Å². The van der Waals surface area contributed by atoms with Crippen LogP contribution in [0.1, 0.15) is 6.92 Å². The molecular formula is C3H10N2O2S2. The van der Waals surface area contributed by atoms with Crippen LogP contribution >= 0.6 is 12.6 Å². The number of hydrogen-bond acceptors (Lipinski definition) is 3. The van der Waals surface area contributed by atoms with Gasteiger partial charge in [0.15, 0.2) is 0 Å². The summed E-state index contributed by atoms with van der Waals surface area (Å²) in [5.41, 5.74) is 0. The fourth-order valence-electron chi connectivity index (χ4n) is 0.283. The van der Waals surface area contributed by atoms with Gasteiger partial charge in [-0.05, 0) is 6.92 Å². The molecule has 4 nitrogen and oxygen atoms in total. The average Bonchev–Trinajstić information content (AvgIpc) is 1.63. The number of rotatable bonds is 3. The molecule has 0 aromatic heterocycles. The molecule has 1 unspecified atom stereocenters. The Morgan fingerprint density at radius 3 is 2.11 bits per heavy atom. The topological polar surface area (TPSA) is 58.2 Å². The van der Waals surface area contributed by atoms with Crippen molar-refractivity contribution in [3.8, 4) is 0 Å². The molecule has 0 aliphatic heterocycles. The van der Waals surface area contributed by atoms with Gasteiger partial charge in [0.25, 0.3) is 10.2 Å². The third-order valence-electron chi connectivity index (χ3n) is 0.594. The van der Waals surface area contributed by atoms with Crippen molar-refractivity contribution in [2.45, 2.75) is 12.3 Å². The van der Waals surface area contributed by atoms with Crippen molar-refractivity contribution < 1.29 is 8.42 Å². The number of hydrogen-bond donors (Lipinski definition) is 3. The molecule has 0 saturated carbocycles. The molecule has 0 amide bonds. The first kappa shape index (κ1) is 9.22. The van der Waals surface area contributed by atoms with E-state index in [1.165, 1.54) is 7.05 Å². The zero-order valence-electron chi connectivity index (χ0n) is 5.25. The lowest BCUT2D eigenvalue weighted by Gasteiger charge is -2.05. The van der Waals surface area contributed by atoms with E-state index in [0.717, 1.165) is 0 Å². The standard InChI is InChI=1S/C3H10N2O2S2/c1-3(8)5-9(6,7)4-2/h3-5,8H,1-2H3. The van der Waals surface area contributed by atoms with Crippen molar-refractivity contribution in [2.24, 2.45) is 0 Å². The highest BCUT2D eigenvalue weighted by Gasteiger charge is 2.06. The van der Waals surface area contributed by atoms with Crippen LogP contribution in [0.4, 0.5) is 0 Å². The minimum absolute atomic E-state index is 0.359. The fourth-order valence-corrected chi connectivity index (χ4v) is 1.27. The molecule has 0 aliphatic carbocycles. The zero-order chi connectivity index (χ0) is 7.49. The minimum atomic E-state index is -3.30. The Labute approximate surface area is 60.6 Å². The SMILES string of the molecule is CNS(=O)(=O)NC(C)S. The highest BCUT2D eigenvalue weighted by atomic mass is 32.2. The first-order valence-corrected chi connectivity index (χ1v) is 4.37. The molecule has 0 spiro atoms. The van der Waals surface area contributed by atoms with Crippen LogP contribution in [0.3, 0.4) is 0 Å². The molecule has 56 valence electrons. The Balaban J connectivity index is 3.90. The van der Waals surface area contributed by atoms with E-state index in [1.807, 2.05) is 0 Å². The van der Waals surface area contributed by atoms with Crippen LogP contribution in [0.15, 0.2) is 0 Å². The first-order chi connectivity index (χ1) is 3.98. The zero-order valence-corrected chi connectivity index (χ0v) is 6.96. The second-order valence-electron chi connectivity index (χ2n) is 1.50. The number of nitrogens with one attached hydrogen (secondary N) is 2. The maximum Gasteiger partial charge on any atom is 0.277 e. The quantitative estimate of drug-likeness (QED) is 0.388. The minimum Gasteiger partial charge on any atom is -0.205 e. The van der Waals surface area contributed by atoms with Crippen molar-refractivity contribution in [1.29, 1.82) is 0 Å². The lowest BCUT2D eigenvalue weighted by molar-refractivity contribution is 0.573. The van der Waals surface area contributed by atoms with Crippen molar-refractivity contribution in [2.75, 3.05) is 7.05 Å². The third-order valence-corrected chi connectivity index (χ3v) is 2.10. The normalized spacial score (nSPS) is 15.4. The van der Waals surface area contributed by atoms with Gasteiger partial charge in [-0.2, -0.15) is 25.8 Å². The number of thiol groups is 1. The van der Waals surface area contributed by atoms with E-state index in [2.05, 4.69) is 22.1 Å². The van der Waals surface area contributed by atoms with Crippen molar-refractivity contribution in [3.63, 3.8) is 0 Å².